The van der Waals surface area contributed by atoms with E-state index in [1.165, 1.54) is 0 Å². The van der Waals surface area contributed by atoms with Crippen molar-refractivity contribution in [3.63, 3.8) is 0 Å². The summed E-state index contributed by atoms with van der Waals surface area (Å²) < 4.78 is 5.64. The summed E-state index contributed by atoms with van der Waals surface area (Å²) in [5.74, 6) is 0.380. The minimum Gasteiger partial charge on any atom is -0.493 e. The van der Waals surface area contributed by atoms with Crippen LogP contribution in [0.2, 0.25) is 5.02 Å². The second-order valence-electron chi connectivity index (χ2n) is 5.05. The topological polar surface area (TPSA) is 38.3 Å². The fourth-order valence-electron chi connectivity index (χ4n) is 2.49. The van der Waals surface area contributed by atoms with Crippen molar-refractivity contribution in [3.05, 3.63) is 71.2 Å². The number of ether oxygens (including phenoxy) is 1. The Balaban J connectivity index is 2.03. The van der Waals surface area contributed by atoms with Gasteiger partial charge < -0.3 is 10.1 Å². The maximum atomic E-state index is 12.8. The number of benzene rings is 3. The van der Waals surface area contributed by atoms with Gasteiger partial charge in [-0.1, -0.05) is 41.9 Å². The van der Waals surface area contributed by atoms with E-state index in [-0.39, 0.29) is 5.91 Å². The van der Waals surface area contributed by atoms with Crippen LogP contribution in [-0.4, -0.2) is 12.5 Å². The Morgan fingerprint density at radius 2 is 1.78 bits per heavy atom. The van der Waals surface area contributed by atoms with E-state index in [1.54, 1.807) is 24.3 Å². The molecule has 4 heteroatoms. The molecule has 0 saturated carbocycles. The van der Waals surface area contributed by atoms with E-state index in [4.69, 9.17) is 16.3 Å². The molecule has 3 aromatic carbocycles. The molecule has 0 unspecified atom stereocenters. The summed E-state index contributed by atoms with van der Waals surface area (Å²) in [5.41, 5.74) is 1.23. The van der Waals surface area contributed by atoms with Crippen LogP contribution in [0.25, 0.3) is 10.8 Å². The van der Waals surface area contributed by atoms with Gasteiger partial charge in [-0.2, -0.15) is 0 Å². The van der Waals surface area contributed by atoms with Crippen LogP contribution in [0.5, 0.6) is 5.75 Å². The highest BCUT2D eigenvalue weighted by molar-refractivity contribution is 6.30. The van der Waals surface area contributed by atoms with E-state index in [2.05, 4.69) is 5.32 Å². The zero-order valence-corrected chi connectivity index (χ0v) is 13.4. The summed E-state index contributed by atoms with van der Waals surface area (Å²) in [6, 6.07) is 18.6. The first-order chi connectivity index (χ1) is 11.2. The highest BCUT2D eigenvalue weighted by Gasteiger charge is 2.16. The fraction of sp³-hybridized carbons (Fsp3) is 0.105. The van der Waals surface area contributed by atoms with E-state index >= 15 is 0 Å². The van der Waals surface area contributed by atoms with Crippen molar-refractivity contribution in [2.75, 3.05) is 11.9 Å². The summed E-state index contributed by atoms with van der Waals surface area (Å²) in [6.45, 7) is 2.40. The largest absolute Gasteiger partial charge is 0.493 e. The van der Waals surface area contributed by atoms with Gasteiger partial charge in [-0.3, -0.25) is 4.79 Å². The molecule has 0 bridgehead atoms. The zero-order valence-electron chi connectivity index (χ0n) is 12.7. The number of halogens is 1. The van der Waals surface area contributed by atoms with Crippen LogP contribution < -0.4 is 10.1 Å². The van der Waals surface area contributed by atoms with Gasteiger partial charge in [-0.25, -0.2) is 0 Å². The lowest BCUT2D eigenvalue weighted by Crippen LogP contribution is -2.14. The average Bonchev–Trinajstić information content (AvgIpc) is 2.57. The molecular formula is C19H16ClNO2. The number of amides is 1. The van der Waals surface area contributed by atoms with Crippen molar-refractivity contribution in [1.29, 1.82) is 0 Å². The van der Waals surface area contributed by atoms with Gasteiger partial charge in [0.05, 0.1) is 12.2 Å². The Bertz CT molecular complexity index is 844. The minimum absolute atomic E-state index is 0.201. The van der Waals surface area contributed by atoms with Gasteiger partial charge in [0.25, 0.3) is 5.91 Å². The van der Waals surface area contributed by atoms with E-state index in [1.807, 2.05) is 43.3 Å². The van der Waals surface area contributed by atoms with Crippen molar-refractivity contribution in [2.24, 2.45) is 0 Å². The Kier molecular flexibility index (Phi) is 4.49. The molecule has 0 heterocycles. The molecule has 0 aliphatic heterocycles. The first-order valence-electron chi connectivity index (χ1n) is 7.40. The average molecular weight is 326 g/mol. The molecule has 0 aliphatic carbocycles. The Morgan fingerprint density at radius 1 is 1.04 bits per heavy atom. The number of hydrogen-bond acceptors (Lipinski definition) is 2. The van der Waals surface area contributed by atoms with Gasteiger partial charge in [0, 0.05) is 10.7 Å². The Labute approximate surface area is 139 Å². The van der Waals surface area contributed by atoms with Gasteiger partial charge in [-0.15, -0.1) is 0 Å². The molecule has 116 valence electrons. The van der Waals surface area contributed by atoms with Gasteiger partial charge >= 0.3 is 0 Å². The predicted octanol–water partition coefficient (Wildman–Crippen LogP) is 5.14. The van der Waals surface area contributed by atoms with Crippen LogP contribution in [0, 0.1) is 0 Å². The van der Waals surface area contributed by atoms with E-state index in [0.29, 0.717) is 28.6 Å². The lowest BCUT2D eigenvalue weighted by atomic mass is 10.0. The first-order valence-corrected chi connectivity index (χ1v) is 7.78. The highest BCUT2D eigenvalue weighted by Crippen LogP contribution is 2.29. The SMILES string of the molecule is CCOc1ccc2ccccc2c1C(=O)Nc1ccc(Cl)cc1. The van der Waals surface area contributed by atoms with E-state index in [9.17, 15) is 4.79 Å². The number of anilines is 1. The molecular weight excluding hydrogens is 310 g/mol. The van der Waals surface area contributed by atoms with Crippen LogP contribution >= 0.6 is 11.6 Å². The van der Waals surface area contributed by atoms with Crippen LogP contribution in [0.1, 0.15) is 17.3 Å². The molecule has 3 nitrogen and oxygen atoms in total. The summed E-state index contributed by atoms with van der Waals surface area (Å²) in [7, 11) is 0. The standard InChI is InChI=1S/C19H16ClNO2/c1-2-23-17-12-7-13-5-3-4-6-16(13)18(17)19(22)21-15-10-8-14(20)9-11-15/h3-12H,2H2,1H3,(H,21,22). The fourth-order valence-corrected chi connectivity index (χ4v) is 2.61. The lowest BCUT2D eigenvalue weighted by Gasteiger charge is -2.13. The molecule has 0 aliphatic rings. The smallest absolute Gasteiger partial charge is 0.260 e. The van der Waals surface area contributed by atoms with Gasteiger partial charge in [0.1, 0.15) is 5.75 Å². The molecule has 1 amide bonds. The molecule has 0 radical (unpaired) electrons. The maximum Gasteiger partial charge on any atom is 0.260 e. The van der Waals surface area contributed by atoms with Gasteiger partial charge in [0.15, 0.2) is 0 Å². The molecule has 0 aromatic heterocycles. The summed E-state index contributed by atoms with van der Waals surface area (Å²) in [4.78, 5) is 12.8. The normalized spacial score (nSPS) is 10.5. The van der Waals surface area contributed by atoms with Crippen LogP contribution in [0.15, 0.2) is 60.7 Å². The maximum absolute atomic E-state index is 12.8. The monoisotopic (exact) mass is 325 g/mol. The number of carbonyl (C=O) groups excluding carboxylic acids is 1. The summed E-state index contributed by atoms with van der Waals surface area (Å²) in [5, 5.41) is 5.39. The van der Waals surface area contributed by atoms with Gasteiger partial charge in [-0.05, 0) is 48.0 Å². The summed E-state index contributed by atoms with van der Waals surface area (Å²) >= 11 is 5.88. The third-order valence-electron chi connectivity index (χ3n) is 3.52. The van der Waals surface area contributed by atoms with Gasteiger partial charge in [0.2, 0.25) is 0 Å². The predicted molar refractivity (Wildman–Crippen MR) is 94.5 cm³/mol. The molecule has 0 saturated heterocycles. The van der Waals surface area contributed by atoms with E-state index in [0.717, 1.165) is 10.8 Å². The molecule has 3 aromatic rings. The van der Waals surface area contributed by atoms with Crippen LogP contribution in [0.4, 0.5) is 5.69 Å². The molecule has 0 spiro atoms. The molecule has 0 fully saturated rings. The third kappa shape index (κ3) is 3.30. The lowest BCUT2D eigenvalue weighted by molar-refractivity contribution is 0.102. The van der Waals surface area contributed by atoms with Crippen molar-refractivity contribution in [3.8, 4) is 5.75 Å². The molecule has 1 N–H and O–H groups in total. The minimum atomic E-state index is -0.201. The number of rotatable bonds is 4. The zero-order chi connectivity index (χ0) is 16.2. The number of nitrogens with one attached hydrogen (secondary N) is 1. The second kappa shape index (κ2) is 6.71. The number of hydrogen-bond donors (Lipinski definition) is 1. The van der Waals surface area contributed by atoms with Crippen LogP contribution in [-0.2, 0) is 0 Å². The summed E-state index contributed by atoms with van der Waals surface area (Å²) in [6.07, 6.45) is 0. The Morgan fingerprint density at radius 3 is 2.52 bits per heavy atom. The second-order valence-corrected chi connectivity index (χ2v) is 5.49. The van der Waals surface area contributed by atoms with Crippen molar-refractivity contribution >= 4 is 34.0 Å². The van der Waals surface area contributed by atoms with Crippen molar-refractivity contribution in [2.45, 2.75) is 6.92 Å². The molecule has 0 atom stereocenters. The highest BCUT2D eigenvalue weighted by atomic mass is 35.5. The van der Waals surface area contributed by atoms with E-state index < -0.39 is 0 Å². The number of carbonyl (C=O) groups is 1. The molecule has 3 rings (SSSR count). The third-order valence-corrected chi connectivity index (χ3v) is 3.77. The quantitative estimate of drug-likeness (QED) is 0.721. The Hall–Kier alpha value is -2.52. The first kappa shape index (κ1) is 15.4. The number of fused-ring (bicyclic) bond motifs is 1. The van der Waals surface area contributed by atoms with Crippen molar-refractivity contribution in [1.82, 2.24) is 0 Å². The van der Waals surface area contributed by atoms with Crippen molar-refractivity contribution < 1.29 is 9.53 Å². The molecule has 23 heavy (non-hydrogen) atoms. The van der Waals surface area contributed by atoms with Crippen LogP contribution in [0.3, 0.4) is 0 Å².